The number of nitrogens with zero attached hydrogens (tertiary/aromatic N) is 2. The van der Waals surface area contributed by atoms with Gasteiger partial charge in [-0.3, -0.25) is 10.1 Å². The van der Waals surface area contributed by atoms with Crippen LogP contribution in [0.25, 0.3) is 0 Å². The maximum Gasteiger partial charge on any atom is 0.344 e. The summed E-state index contributed by atoms with van der Waals surface area (Å²) in [6, 6.07) is 8.39. The Bertz CT molecular complexity index is 2030. The van der Waals surface area contributed by atoms with Crippen molar-refractivity contribution in [1.82, 2.24) is 15.3 Å². The van der Waals surface area contributed by atoms with E-state index in [9.17, 15) is 32.8 Å². The Kier molecular flexibility index (Phi) is 16.6. The van der Waals surface area contributed by atoms with Gasteiger partial charge in [0.2, 0.25) is 5.91 Å². The summed E-state index contributed by atoms with van der Waals surface area (Å²) in [7, 11) is 0. The maximum absolute atomic E-state index is 14.1. The molecular formula is C34H32Cl2F2N6O11. The number of urea groups is 2. The minimum absolute atomic E-state index is 0.00496. The Balaban J connectivity index is 0.000000297. The van der Waals surface area contributed by atoms with Crippen LogP contribution in [0.5, 0.6) is 34.8 Å². The molecule has 4 rings (SSSR count). The summed E-state index contributed by atoms with van der Waals surface area (Å²) < 4.78 is 59.1. The van der Waals surface area contributed by atoms with E-state index in [-0.39, 0.29) is 76.0 Å². The van der Waals surface area contributed by atoms with Crippen LogP contribution in [0.4, 0.5) is 29.7 Å². The van der Waals surface area contributed by atoms with Crippen molar-refractivity contribution in [1.29, 1.82) is 0 Å². The van der Waals surface area contributed by atoms with E-state index in [2.05, 4.69) is 20.6 Å². The number of carbonyl (C=O) groups is 5. The molecule has 0 radical (unpaired) electrons. The molecule has 0 saturated carbocycles. The van der Waals surface area contributed by atoms with Crippen LogP contribution in [0.3, 0.4) is 0 Å². The molecule has 4 aromatic rings. The fourth-order valence-corrected chi connectivity index (χ4v) is 4.25. The number of imide groups is 1. The molecule has 0 unspecified atom stereocenters. The average Bonchev–Trinajstić information content (AvgIpc) is 3.11. The van der Waals surface area contributed by atoms with Gasteiger partial charge in [0.05, 0.1) is 34.6 Å². The number of amides is 5. The summed E-state index contributed by atoms with van der Waals surface area (Å²) in [6.07, 6.45) is 2.85. The molecule has 2 heterocycles. The number of nitrogens with one attached hydrogen (secondary N) is 3. The number of carbonyl (C=O) groups excluding carboxylic acids is 5. The second-order valence-electron chi connectivity index (χ2n) is 10.2. The lowest BCUT2D eigenvalue weighted by Gasteiger charge is -2.14. The molecule has 0 bridgehead atoms. The first kappa shape index (κ1) is 42.9. The van der Waals surface area contributed by atoms with Gasteiger partial charge in [0, 0.05) is 31.5 Å². The number of halogens is 4. The number of nitrogens with two attached hydrogens (primary N) is 1. The zero-order chi connectivity index (χ0) is 40.5. The van der Waals surface area contributed by atoms with E-state index in [4.69, 9.17) is 57.4 Å². The fraction of sp³-hybridized carbons (Fsp3) is 0.206. The van der Waals surface area contributed by atoms with E-state index in [1.165, 1.54) is 24.5 Å². The van der Waals surface area contributed by atoms with Crippen LogP contribution < -0.4 is 40.6 Å². The average molecular weight is 810 g/mol. The largest absolute Gasteiger partial charge is 0.463 e. The number of anilines is 2. The molecule has 5 N–H and O–H groups in total. The molecule has 5 amide bonds. The number of esters is 2. The molecular weight excluding hydrogens is 777 g/mol. The van der Waals surface area contributed by atoms with Gasteiger partial charge in [-0.25, -0.2) is 37.9 Å². The minimum atomic E-state index is -0.947. The molecule has 2 aromatic heterocycles. The minimum Gasteiger partial charge on any atom is -0.463 e. The van der Waals surface area contributed by atoms with Gasteiger partial charge in [-0.2, -0.15) is 0 Å². The van der Waals surface area contributed by atoms with E-state index < -0.39 is 48.1 Å². The summed E-state index contributed by atoms with van der Waals surface area (Å²) in [5.74, 6) is -3.23. The maximum atomic E-state index is 14.1. The van der Waals surface area contributed by atoms with Crippen LogP contribution in [0, 0.1) is 11.6 Å². The van der Waals surface area contributed by atoms with Gasteiger partial charge in [-0.1, -0.05) is 23.2 Å². The molecule has 55 heavy (non-hydrogen) atoms. The van der Waals surface area contributed by atoms with Crippen molar-refractivity contribution in [2.24, 2.45) is 5.73 Å². The molecule has 0 aliphatic carbocycles. The second-order valence-corrected chi connectivity index (χ2v) is 11.0. The van der Waals surface area contributed by atoms with Gasteiger partial charge in [0.25, 0.3) is 11.8 Å². The lowest BCUT2D eigenvalue weighted by Crippen LogP contribution is -2.32. The molecule has 21 heteroatoms. The van der Waals surface area contributed by atoms with Crippen LogP contribution in [0.2, 0.25) is 10.0 Å². The standard InChI is InChI=1S/C18H17ClFN3O6.C16H15ClFN3O5/c1-3-27-16(25)9-28-17-14(5-4-6-21-17)29-15-8-13(12(20)7-11(15)19)23-18(26)22-10(2)24;1-2-24-14(22)8-25-15-12(4-3-5-20-15)26-13-7-11(21-16(19)23)10(18)6-9(13)17/h4-8H,3,9H2,1-2H3,(H2,22,23,24,26);3-7H,2,8H2,1H3,(H3,19,21,23). The highest BCUT2D eigenvalue weighted by Crippen LogP contribution is 2.38. The summed E-state index contributed by atoms with van der Waals surface area (Å²) in [5, 5.41) is 6.07. The third-order valence-corrected chi connectivity index (χ3v) is 6.61. The van der Waals surface area contributed by atoms with Gasteiger partial charge < -0.3 is 44.8 Å². The predicted molar refractivity (Wildman–Crippen MR) is 192 cm³/mol. The Morgan fingerprint density at radius 2 is 1.15 bits per heavy atom. The lowest BCUT2D eigenvalue weighted by atomic mass is 10.3. The number of primary amides is 1. The van der Waals surface area contributed by atoms with Crippen molar-refractivity contribution in [2.45, 2.75) is 20.8 Å². The van der Waals surface area contributed by atoms with Crippen molar-refractivity contribution >= 4 is 64.5 Å². The summed E-state index contributed by atoms with van der Waals surface area (Å²) in [6.45, 7) is 4.11. The summed E-state index contributed by atoms with van der Waals surface area (Å²) in [4.78, 5) is 64.2. The summed E-state index contributed by atoms with van der Waals surface area (Å²) >= 11 is 12.0. The van der Waals surface area contributed by atoms with Crippen LogP contribution in [0.1, 0.15) is 20.8 Å². The molecule has 0 saturated heterocycles. The van der Waals surface area contributed by atoms with Gasteiger partial charge in [0.15, 0.2) is 24.7 Å². The molecule has 0 atom stereocenters. The fourth-order valence-electron chi connectivity index (χ4n) is 3.87. The third kappa shape index (κ3) is 14.1. The Morgan fingerprint density at radius 3 is 1.55 bits per heavy atom. The molecule has 0 spiro atoms. The zero-order valence-electron chi connectivity index (χ0n) is 29.1. The van der Waals surface area contributed by atoms with Gasteiger partial charge in [0.1, 0.15) is 23.1 Å². The number of ether oxygens (including phenoxy) is 6. The first-order valence-corrected chi connectivity index (χ1v) is 16.4. The molecule has 0 aliphatic rings. The molecule has 0 fully saturated rings. The van der Waals surface area contributed by atoms with Gasteiger partial charge in [-0.15, -0.1) is 0 Å². The first-order chi connectivity index (χ1) is 26.2. The number of aromatic nitrogens is 2. The smallest absolute Gasteiger partial charge is 0.344 e. The number of hydrogen-bond donors (Lipinski definition) is 4. The van der Waals surface area contributed by atoms with Crippen LogP contribution >= 0.6 is 23.2 Å². The zero-order valence-corrected chi connectivity index (χ0v) is 30.6. The highest BCUT2D eigenvalue weighted by atomic mass is 35.5. The van der Waals surface area contributed by atoms with Gasteiger partial charge in [-0.05, 0) is 50.2 Å². The molecule has 0 aliphatic heterocycles. The predicted octanol–water partition coefficient (Wildman–Crippen LogP) is 6.38. The monoisotopic (exact) mass is 808 g/mol. The van der Waals surface area contributed by atoms with Crippen molar-refractivity contribution in [3.63, 3.8) is 0 Å². The van der Waals surface area contributed by atoms with Crippen molar-refractivity contribution < 1.29 is 61.2 Å². The SMILES string of the molecule is CCOC(=O)COc1ncccc1Oc1cc(NC(=O)NC(C)=O)c(F)cc1Cl.CCOC(=O)COc1ncccc1Oc1cc(NC(N)=O)c(F)cc1Cl. The van der Waals surface area contributed by atoms with Crippen molar-refractivity contribution in [2.75, 3.05) is 37.1 Å². The molecule has 2 aromatic carbocycles. The molecule has 292 valence electrons. The van der Waals surface area contributed by atoms with Crippen molar-refractivity contribution in [3.8, 4) is 34.8 Å². The normalized spacial score (nSPS) is 10.1. The topological polar surface area (TPSA) is 229 Å². The van der Waals surface area contributed by atoms with Crippen LogP contribution in [-0.2, 0) is 23.9 Å². The van der Waals surface area contributed by atoms with E-state index in [1.807, 2.05) is 5.32 Å². The lowest BCUT2D eigenvalue weighted by molar-refractivity contribution is -0.146. The van der Waals surface area contributed by atoms with E-state index in [1.54, 1.807) is 26.0 Å². The number of pyridine rings is 2. The van der Waals surface area contributed by atoms with Crippen LogP contribution in [0.15, 0.2) is 60.9 Å². The Labute approximate surface area is 321 Å². The van der Waals surface area contributed by atoms with Crippen molar-refractivity contribution in [3.05, 3.63) is 82.6 Å². The number of benzene rings is 2. The Hall–Kier alpha value is -6.47. The quantitative estimate of drug-likeness (QED) is 0.102. The third-order valence-electron chi connectivity index (χ3n) is 6.02. The van der Waals surface area contributed by atoms with E-state index in [0.717, 1.165) is 31.2 Å². The Morgan fingerprint density at radius 1 is 0.709 bits per heavy atom. The number of rotatable bonds is 14. The van der Waals surface area contributed by atoms with Gasteiger partial charge >= 0.3 is 24.0 Å². The van der Waals surface area contributed by atoms with E-state index in [0.29, 0.717) is 0 Å². The molecule has 17 nitrogen and oxygen atoms in total. The van der Waals surface area contributed by atoms with Crippen LogP contribution in [-0.4, -0.2) is 66.3 Å². The number of hydrogen-bond acceptors (Lipinski definition) is 13. The highest BCUT2D eigenvalue weighted by Gasteiger charge is 2.18. The highest BCUT2D eigenvalue weighted by molar-refractivity contribution is 6.32. The first-order valence-electron chi connectivity index (χ1n) is 15.7. The summed E-state index contributed by atoms with van der Waals surface area (Å²) in [5.41, 5.74) is 4.50. The second kappa shape index (κ2) is 21.3. The van der Waals surface area contributed by atoms with E-state index >= 15 is 0 Å².